The summed E-state index contributed by atoms with van der Waals surface area (Å²) in [4.78, 5) is 11.7. The fraction of sp³-hybridized carbons (Fsp3) is 0.731. The Balaban J connectivity index is 1.60. The van der Waals surface area contributed by atoms with Gasteiger partial charge in [0.05, 0.1) is 18.8 Å². The van der Waals surface area contributed by atoms with Crippen molar-refractivity contribution >= 4 is 5.97 Å². The number of allylic oxidation sites excluding steroid dienone is 2. The fourth-order valence-corrected chi connectivity index (χ4v) is 4.13. The Kier molecular flexibility index (Phi) is 12.4. The molecular weight excluding hydrogens is 376 g/mol. The molecule has 4 nitrogen and oxygen atoms in total. The van der Waals surface area contributed by atoms with Gasteiger partial charge in [0.1, 0.15) is 6.61 Å². The average molecular weight is 415 g/mol. The van der Waals surface area contributed by atoms with Crippen LogP contribution in [0.4, 0.5) is 0 Å². The van der Waals surface area contributed by atoms with Crippen LogP contribution in [0.15, 0.2) is 12.2 Å². The smallest absolute Gasteiger partial charge is 0.306 e. The van der Waals surface area contributed by atoms with E-state index in [1.54, 1.807) is 0 Å². The zero-order valence-corrected chi connectivity index (χ0v) is 18.8. The van der Waals surface area contributed by atoms with Crippen LogP contribution in [0.3, 0.4) is 0 Å². The third-order valence-corrected chi connectivity index (χ3v) is 5.71. The number of esters is 1. The molecule has 166 valence electrons. The molecule has 2 bridgehead atoms. The van der Waals surface area contributed by atoms with E-state index in [0.29, 0.717) is 37.1 Å². The molecule has 0 unspecified atom stereocenters. The fourth-order valence-electron chi connectivity index (χ4n) is 4.13. The van der Waals surface area contributed by atoms with Gasteiger partial charge in [0.25, 0.3) is 0 Å². The van der Waals surface area contributed by atoms with Gasteiger partial charge in [0.2, 0.25) is 0 Å². The van der Waals surface area contributed by atoms with Crippen molar-refractivity contribution in [2.24, 2.45) is 11.8 Å². The SMILES string of the molecule is CCCC#CCOC[C@H]1[C@@H](CC=CCCCC(=O)OCC#CCCC)[C@H]2CC[C@@H]1O2. The molecule has 0 saturated carbocycles. The molecule has 0 amide bonds. The molecule has 0 aromatic carbocycles. The molecule has 0 radical (unpaired) electrons. The van der Waals surface area contributed by atoms with E-state index in [4.69, 9.17) is 14.2 Å². The first-order valence-electron chi connectivity index (χ1n) is 11.7. The van der Waals surface area contributed by atoms with Gasteiger partial charge < -0.3 is 14.2 Å². The van der Waals surface area contributed by atoms with Gasteiger partial charge in [-0.05, 0) is 50.9 Å². The highest BCUT2D eigenvalue weighted by molar-refractivity contribution is 5.69. The first-order chi connectivity index (χ1) is 14.8. The van der Waals surface area contributed by atoms with Crippen molar-refractivity contribution in [3.63, 3.8) is 0 Å². The van der Waals surface area contributed by atoms with E-state index < -0.39 is 0 Å². The predicted octanol–water partition coefficient (Wildman–Crippen LogP) is 5.06. The summed E-state index contributed by atoms with van der Waals surface area (Å²) in [5, 5.41) is 0. The number of rotatable bonds is 12. The second-order valence-corrected chi connectivity index (χ2v) is 8.10. The van der Waals surface area contributed by atoms with Gasteiger partial charge in [-0.2, -0.15) is 0 Å². The number of carbonyl (C=O) groups is 1. The molecule has 0 aromatic rings. The monoisotopic (exact) mass is 414 g/mol. The van der Waals surface area contributed by atoms with Gasteiger partial charge in [0.15, 0.2) is 6.61 Å². The third kappa shape index (κ3) is 8.95. The molecular formula is C26H38O4. The molecule has 0 aliphatic carbocycles. The molecule has 2 heterocycles. The highest BCUT2D eigenvalue weighted by Crippen LogP contribution is 2.45. The lowest BCUT2D eigenvalue weighted by Gasteiger charge is -2.26. The molecule has 4 heteroatoms. The van der Waals surface area contributed by atoms with Crippen molar-refractivity contribution in [2.45, 2.75) is 90.3 Å². The maximum Gasteiger partial charge on any atom is 0.306 e. The average Bonchev–Trinajstić information content (AvgIpc) is 3.35. The summed E-state index contributed by atoms with van der Waals surface area (Å²) in [5.41, 5.74) is 0. The van der Waals surface area contributed by atoms with Crippen molar-refractivity contribution in [2.75, 3.05) is 19.8 Å². The molecule has 0 aromatic heterocycles. The van der Waals surface area contributed by atoms with Gasteiger partial charge >= 0.3 is 5.97 Å². The lowest BCUT2D eigenvalue weighted by Crippen LogP contribution is -2.30. The van der Waals surface area contributed by atoms with Crippen molar-refractivity contribution in [3.8, 4) is 23.7 Å². The molecule has 2 aliphatic heterocycles. The topological polar surface area (TPSA) is 44.8 Å². The minimum Gasteiger partial charge on any atom is -0.452 e. The lowest BCUT2D eigenvalue weighted by molar-refractivity contribution is -0.142. The van der Waals surface area contributed by atoms with Gasteiger partial charge in [0, 0.05) is 25.2 Å². The van der Waals surface area contributed by atoms with Crippen LogP contribution < -0.4 is 0 Å². The van der Waals surface area contributed by atoms with Crippen LogP contribution in [0.5, 0.6) is 0 Å². The number of hydrogen-bond donors (Lipinski definition) is 0. The summed E-state index contributed by atoms with van der Waals surface area (Å²) in [6.07, 6.45) is 14.6. The third-order valence-electron chi connectivity index (χ3n) is 5.71. The van der Waals surface area contributed by atoms with Crippen molar-refractivity contribution in [1.29, 1.82) is 0 Å². The molecule has 2 saturated heterocycles. The number of carbonyl (C=O) groups excluding carboxylic acids is 1. The Morgan fingerprint density at radius 2 is 1.67 bits per heavy atom. The summed E-state index contributed by atoms with van der Waals surface area (Å²) in [6, 6.07) is 0. The normalized spacial score (nSPS) is 24.3. The van der Waals surface area contributed by atoms with E-state index in [1.807, 2.05) is 0 Å². The van der Waals surface area contributed by atoms with Crippen molar-refractivity contribution in [1.82, 2.24) is 0 Å². The zero-order valence-electron chi connectivity index (χ0n) is 18.8. The van der Waals surface area contributed by atoms with E-state index in [-0.39, 0.29) is 12.6 Å². The van der Waals surface area contributed by atoms with E-state index >= 15 is 0 Å². The number of ether oxygens (including phenoxy) is 3. The predicted molar refractivity (Wildman–Crippen MR) is 120 cm³/mol. The molecule has 0 N–H and O–H groups in total. The van der Waals surface area contributed by atoms with Crippen LogP contribution in [0.1, 0.15) is 78.1 Å². The zero-order chi connectivity index (χ0) is 21.4. The second-order valence-electron chi connectivity index (χ2n) is 8.10. The Bertz CT molecular complexity index is 645. The van der Waals surface area contributed by atoms with E-state index in [0.717, 1.165) is 58.0 Å². The Labute approximate surface area is 183 Å². The van der Waals surface area contributed by atoms with E-state index in [1.165, 1.54) is 6.42 Å². The molecule has 2 rings (SSSR count). The Hall–Kier alpha value is -1.75. The van der Waals surface area contributed by atoms with Crippen LogP contribution in [0.25, 0.3) is 0 Å². The molecule has 4 atom stereocenters. The largest absolute Gasteiger partial charge is 0.452 e. The molecule has 2 fully saturated rings. The summed E-state index contributed by atoms with van der Waals surface area (Å²) in [5.74, 6) is 12.9. The summed E-state index contributed by atoms with van der Waals surface area (Å²) in [7, 11) is 0. The Morgan fingerprint density at radius 3 is 2.40 bits per heavy atom. The highest BCUT2D eigenvalue weighted by atomic mass is 16.5. The van der Waals surface area contributed by atoms with Crippen LogP contribution in [0, 0.1) is 35.5 Å². The number of hydrogen-bond acceptors (Lipinski definition) is 4. The van der Waals surface area contributed by atoms with E-state index in [9.17, 15) is 4.79 Å². The van der Waals surface area contributed by atoms with Crippen molar-refractivity contribution < 1.29 is 19.0 Å². The maximum absolute atomic E-state index is 11.7. The minimum absolute atomic E-state index is 0.157. The van der Waals surface area contributed by atoms with E-state index in [2.05, 4.69) is 49.7 Å². The summed E-state index contributed by atoms with van der Waals surface area (Å²) >= 11 is 0. The second kappa shape index (κ2) is 15.1. The van der Waals surface area contributed by atoms with Gasteiger partial charge in [-0.15, -0.1) is 5.92 Å². The van der Waals surface area contributed by atoms with Gasteiger partial charge in [-0.1, -0.05) is 43.8 Å². The van der Waals surface area contributed by atoms with Crippen molar-refractivity contribution in [3.05, 3.63) is 12.2 Å². The standard InChI is InChI=1S/C26H38O4/c1-3-5-7-13-19-28-21-23-22(24-17-18-25(23)30-24)15-11-9-10-12-16-26(27)29-20-14-8-6-4-2/h9,11,22-25H,3-6,10,12,15-21H2,1-2H3/t22-,23+,24-,25+/m1/s1. The number of fused-ring (bicyclic) bond motifs is 2. The summed E-state index contributed by atoms with van der Waals surface area (Å²) < 4.78 is 17.1. The van der Waals surface area contributed by atoms with Crippen LogP contribution in [-0.4, -0.2) is 38.0 Å². The van der Waals surface area contributed by atoms with Gasteiger partial charge in [-0.25, -0.2) is 0 Å². The summed E-state index contributed by atoms with van der Waals surface area (Å²) in [6.45, 7) is 5.70. The molecule has 2 aliphatic rings. The number of unbranched alkanes of at least 4 members (excludes halogenated alkanes) is 3. The van der Waals surface area contributed by atoms with Crippen LogP contribution in [-0.2, 0) is 19.0 Å². The van der Waals surface area contributed by atoms with Crippen LogP contribution >= 0.6 is 0 Å². The highest BCUT2D eigenvalue weighted by Gasteiger charge is 2.48. The quantitative estimate of drug-likeness (QED) is 0.194. The molecule has 0 spiro atoms. The maximum atomic E-state index is 11.7. The van der Waals surface area contributed by atoms with Crippen LogP contribution in [0.2, 0.25) is 0 Å². The van der Waals surface area contributed by atoms with Gasteiger partial charge in [-0.3, -0.25) is 4.79 Å². The first-order valence-corrected chi connectivity index (χ1v) is 11.7. The molecule has 30 heavy (non-hydrogen) atoms. The lowest BCUT2D eigenvalue weighted by atomic mass is 9.78. The first kappa shape index (κ1) is 24.5. The minimum atomic E-state index is -0.157. The Morgan fingerprint density at radius 1 is 0.967 bits per heavy atom.